The van der Waals surface area contributed by atoms with Crippen molar-refractivity contribution in [1.82, 2.24) is 15.0 Å². The van der Waals surface area contributed by atoms with Crippen molar-refractivity contribution in [3.63, 3.8) is 0 Å². The van der Waals surface area contributed by atoms with Crippen LogP contribution in [-0.2, 0) is 6.54 Å². The van der Waals surface area contributed by atoms with Gasteiger partial charge in [-0.15, -0.1) is 5.10 Å². The molecule has 0 bridgehead atoms. The van der Waals surface area contributed by atoms with Gasteiger partial charge in [0.25, 0.3) is 0 Å². The van der Waals surface area contributed by atoms with Crippen LogP contribution in [0.1, 0.15) is 15.9 Å². The van der Waals surface area contributed by atoms with Crippen LogP contribution in [0.25, 0.3) is 11.0 Å². The van der Waals surface area contributed by atoms with E-state index in [1.807, 2.05) is 0 Å². The van der Waals surface area contributed by atoms with E-state index in [1.165, 1.54) is 24.3 Å². The number of carboxylic acid groups (broad SMARTS) is 1. The van der Waals surface area contributed by atoms with E-state index in [0.717, 1.165) is 5.56 Å². The Kier molecular flexibility index (Phi) is 3.31. The molecule has 0 atom stereocenters. The zero-order valence-electron chi connectivity index (χ0n) is 10.6. The van der Waals surface area contributed by atoms with Gasteiger partial charge in [0.15, 0.2) is 0 Å². The van der Waals surface area contributed by atoms with Crippen molar-refractivity contribution in [2.24, 2.45) is 0 Å². The Morgan fingerprint density at radius 2 is 2.10 bits per heavy atom. The standard InChI is InChI=1S/C14H9ClFN3O2/c15-10-5-8(1-3-11(10)16)7-19-13-6-9(14(20)21)2-4-12(13)17-18-19/h1-6H,7H2,(H,20,21). The molecule has 0 spiro atoms. The number of benzene rings is 2. The molecule has 0 saturated heterocycles. The fraction of sp³-hybridized carbons (Fsp3) is 0.0714. The summed E-state index contributed by atoms with van der Waals surface area (Å²) in [6.07, 6.45) is 0. The van der Waals surface area contributed by atoms with Crippen molar-refractivity contribution in [1.29, 1.82) is 0 Å². The van der Waals surface area contributed by atoms with E-state index in [-0.39, 0.29) is 10.6 Å². The van der Waals surface area contributed by atoms with Crippen LogP contribution in [0.4, 0.5) is 4.39 Å². The lowest BCUT2D eigenvalue weighted by Gasteiger charge is -2.04. The van der Waals surface area contributed by atoms with Gasteiger partial charge in [0, 0.05) is 0 Å². The Labute approximate surface area is 123 Å². The number of aromatic nitrogens is 3. The van der Waals surface area contributed by atoms with Gasteiger partial charge in [0.05, 0.1) is 22.6 Å². The van der Waals surface area contributed by atoms with Crippen LogP contribution in [0.2, 0.25) is 5.02 Å². The lowest BCUT2D eigenvalue weighted by molar-refractivity contribution is 0.0697. The predicted octanol–water partition coefficient (Wildman–Crippen LogP) is 2.97. The number of carboxylic acids is 1. The third kappa shape index (κ3) is 2.57. The molecule has 0 aliphatic rings. The van der Waals surface area contributed by atoms with Gasteiger partial charge in [-0.1, -0.05) is 22.9 Å². The first-order valence-corrected chi connectivity index (χ1v) is 6.43. The van der Waals surface area contributed by atoms with E-state index in [1.54, 1.807) is 16.8 Å². The minimum absolute atomic E-state index is 0.0307. The molecule has 106 valence electrons. The molecule has 5 nitrogen and oxygen atoms in total. The first-order valence-electron chi connectivity index (χ1n) is 6.05. The van der Waals surface area contributed by atoms with Crippen molar-refractivity contribution < 1.29 is 14.3 Å². The zero-order chi connectivity index (χ0) is 15.0. The Bertz CT molecular complexity index is 847. The second-order valence-electron chi connectivity index (χ2n) is 4.50. The van der Waals surface area contributed by atoms with Gasteiger partial charge < -0.3 is 5.11 Å². The summed E-state index contributed by atoms with van der Waals surface area (Å²) in [7, 11) is 0. The zero-order valence-corrected chi connectivity index (χ0v) is 11.4. The highest BCUT2D eigenvalue weighted by Crippen LogP contribution is 2.19. The molecule has 0 unspecified atom stereocenters. The summed E-state index contributed by atoms with van der Waals surface area (Å²) in [6, 6.07) is 8.95. The van der Waals surface area contributed by atoms with Crippen LogP contribution < -0.4 is 0 Å². The lowest BCUT2D eigenvalue weighted by atomic mass is 10.2. The fourth-order valence-electron chi connectivity index (χ4n) is 2.03. The number of hydrogen-bond acceptors (Lipinski definition) is 3. The number of nitrogens with zero attached hydrogens (tertiary/aromatic N) is 3. The molecule has 1 aromatic heterocycles. The smallest absolute Gasteiger partial charge is 0.335 e. The summed E-state index contributed by atoms with van der Waals surface area (Å²) in [5.74, 6) is -1.51. The van der Waals surface area contributed by atoms with Gasteiger partial charge in [-0.3, -0.25) is 0 Å². The third-order valence-electron chi connectivity index (χ3n) is 3.08. The maximum Gasteiger partial charge on any atom is 0.335 e. The number of fused-ring (bicyclic) bond motifs is 1. The maximum atomic E-state index is 13.1. The van der Waals surface area contributed by atoms with Crippen molar-refractivity contribution in [3.8, 4) is 0 Å². The summed E-state index contributed by atoms with van der Waals surface area (Å²) >= 11 is 5.74. The molecule has 21 heavy (non-hydrogen) atoms. The maximum absolute atomic E-state index is 13.1. The second-order valence-corrected chi connectivity index (χ2v) is 4.91. The normalized spacial score (nSPS) is 11.0. The van der Waals surface area contributed by atoms with Gasteiger partial charge in [0.1, 0.15) is 11.3 Å². The van der Waals surface area contributed by atoms with Gasteiger partial charge in [0.2, 0.25) is 0 Å². The quantitative estimate of drug-likeness (QED) is 0.808. The first-order chi connectivity index (χ1) is 10.0. The molecule has 3 aromatic rings. The van der Waals surface area contributed by atoms with Crippen LogP contribution in [0, 0.1) is 5.82 Å². The summed E-state index contributed by atoms with van der Waals surface area (Å²) < 4.78 is 14.7. The highest BCUT2D eigenvalue weighted by molar-refractivity contribution is 6.30. The number of hydrogen-bond donors (Lipinski definition) is 1. The Balaban J connectivity index is 2.01. The van der Waals surface area contributed by atoms with E-state index >= 15 is 0 Å². The van der Waals surface area contributed by atoms with E-state index in [0.29, 0.717) is 17.6 Å². The van der Waals surface area contributed by atoms with Gasteiger partial charge in [-0.2, -0.15) is 0 Å². The average molecular weight is 306 g/mol. The van der Waals surface area contributed by atoms with Gasteiger partial charge in [-0.05, 0) is 35.9 Å². The minimum atomic E-state index is -1.02. The lowest BCUT2D eigenvalue weighted by Crippen LogP contribution is -2.03. The molecule has 2 aromatic carbocycles. The molecular formula is C14H9ClFN3O2. The van der Waals surface area contributed by atoms with Crippen LogP contribution >= 0.6 is 11.6 Å². The summed E-state index contributed by atoms with van der Waals surface area (Å²) in [4.78, 5) is 11.0. The topological polar surface area (TPSA) is 68.0 Å². The Hall–Kier alpha value is -2.47. The molecule has 0 amide bonds. The van der Waals surface area contributed by atoms with E-state index in [2.05, 4.69) is 10.3 Å². The van der Waals surface area contributed by atoms with E-state index < -0.39 is 11.8 Å². The Morgan fingerprint density at radius 3 is 2.81 bits per heavy atom. The Morgan fingerprint density at radius 1 is 1.29 bits per heavy atom. The van der Waals surface area contributed by atoms with Gasteiger partial charge in [-0.25, -0.2) is 13.9 Å². The summed E-state index contributed by atoms with van der Waals surface area (Å²) in [5, 5.41) is 17.0. The minimum Gasteiger partial charge on any atom is -0.478 e. The summed E-state index contributed by atoms with van der Waals surface area (Å²) in [5.41, 5.74) is 2.08. The first kappa shape index (κ1) is 13.5. The number of halogens is 2. The largest absolute Gasteiger partial charge is 0.478 e. The number of aromatic carboxylic acids is 1. The van der Waals surface area contributed by atoms with Crippen LogP contribution in [0.5, 0.6) is 0 Å². The van der Waals surface area contributed by atoms with Crippen molar-refractivity contribution in [3.05, 3.63) is 58.4 Å². The summed E-state index contributed by atoms with van der Waals surface area (Å²) in [6.45, 7) is 0.319. The molecule has 3 rings (SSSR count). The number of carbonyl (C=O) groups is 1. The molecule has 0 aliphatic carbocycles. The average Bonchev–Trinajstić information content (AvgIpc) is 2.85. The molecular weight excluding hydrogens is 297 g/mol. The van der Waals surface area contributed by atoms with Gasteiger partial charge >= 0.3 is 5.97 Å². The number of rotatable bonds is 3. The van der Waals surface area contributed by atoms with Crippen LogP contribution in [0.15, 0.2) is 36.4 Å². The monoisotopic (exact) mass is 305 g/mol. The third-order valence-corrected chi connectivity index (χ3v) is 3.37. The fourth-order valence-corrected chi connectivity index (χ4v) is 2.23. The van der Waals surface area contributed by atoms with Crippen LogP contribution in [0.3, 0.4) is 0 Å². The van der Waals surface area contributed by atoms with Crippen LogP contribution in [-0.4, -0.2) is 26.1 Å². The van der Waals surface area contributed by atoms with Crippen molar-refractivity contribution in [2.45, 2.75) is 6.54 Å². The van der Waals surface area contributed by atoms with E-state index in [9.17, 15) is 9.18 Å². The molecule has 0 fully saturated rings. The molecule has 0 aliphatic heterocycles. The van der Waals surface area contributed by atoms with Crippen molar-refractivity contribution in [2.75, 3.05) is 0 Å². The van der Waals surface area contributed by atoms with E-state index in [4.69, 9.17) is 16.7 Å². The highest BCUT2D eigenvalue weighted by Gasteiger charge is 2.10. The molecule has 7 heteroatoms. The predicted molar refractivity (Wildman–Crippen MR) is 75.0 cm³/mol. The molecule has 1 N–H and O–H groups in total. The molecule has 1 heterocycles. The SMILES string of the molecule is O=C(O)c1ccc2nnn(Cc3ccc(F)c(Cl)c3)c2c1. The molecule has 0 radical (unpaired) electrons. The second kappa shape index (κ2) is 5.14. The van der Waals surface area contributed by atoms with Crippen molar-refractivity contribution >= 4 is 28.6 Å². The highest BCUT2D eigenvalue weighted by atomic mass is 35.5. The molecule has 0 saturated carbocycles.